The number of amides is 2. The van der Waals surface area contributed by atoms with Crippen LogP contribution in [0, 0.1) is 18.8 Å². The maximum Gasteiger partial charge on any atom is 0.323 e. The molecule has 0 saturated heterocycles. The highest BCUT2D eigenvalue weighted by Gasteiger charge is 2.21. The van der Waals surface area contributed by atoms with Crippen molar-refractivity contribution in [3.8, 4) is 0 Å². The van der Waals surface area contributed by atoms with E-state index in [2.05, 4.69) is 48.5 Å². The number of aryl methyl sites for hydroxylation is 1. The van der Waals surface area contributed by atoms with E-state index in [1.54, 1.807) is 7.05 Å². The number of halogens is 1. The number of anilines is 3. The van der Waals surface area contributed by atoms with Crippen LogP contribution in [0.3, 0.4) is 0 Å². The van der Waals surface area contributed by atoms with Gasteiger partial charge in [0.05, 0.1) is 24.3 Å². The molecule has 0 aliphatic rings. The van der Waals surface area contributed by atoms with Crippen LogP contribution in [0.1, 0.15) is 64.5 Å². The lowest BCUT2D eigenvalue weighted by atomic mass is 9.92. The molecule has 0 fully saturated rings. The van der Waals surface area contributed by atoms with Crippen molar-refractivity contribution in [3.63, 3.8) is 0 Å². The molecular formula is C31H47ClN4O5. The maximum atomic E-state index is 13.1. The first kappa shape index (κ1) is 35.7. The molecule has 228 valence electrons. The van der Waals surface area contributed by atoms with E-state index in [1.165, 1.54) is 0 Å². The second kappa shape index (κ2) is 18.2. The van der Waals surface area contributed by atoms with Crippen LogP contribution in [0.2, 0.25) is 0 Å². The van der Waals surface area contributed by atoms with Gasteiger partial charge in [0.15, 0.2) is 0 Å². The number of benzene rings is 2. The lowest BCUT2D eigenvalue weighted by molar-refractivity contribution is -0.166. The Kier molecular flexibility index (Phi) is 15.9. The van der Waals surface area contributed by atoms with Crippen LogP contribution >= 0.6 is 12.4 Å². The molecule has 0 saturated carbocycles. The molecule has 41 heavy (non-hydrogen) atoms. The summed E-state index contributed by atoms with van der Waals surface area (Å²) in [5.41, 5.74) is 4.33. The lowest BCUT2D eigenvalue weighted by Crippen LogP contribution is -2.32. The van der Waals surface area contributed by atoms with Gasteiger partial charge in [0.2, 0.25) is 6.79 Å². The minimum atomic E-state index is -0.495. The summed E-state index contributed by atoms with van der Waals surface area (Å²) in [7, 11) is 1.63. The molecule has 3 N–H and O–H groups in total. The van der Waals surface area contributed by atoms with Gasteiger partial charge < -0.3 is 30.3 Å². The summed E-state index contributed by atoms with van der Waals surface area (Å²) in [6.45, 7) is 14.0. The van der Waals surface area contributed by atoms with E-state index in [4.69, 9.17) is 9.47 Å². The Morgan fingerprint density at radius 1 is 0.878 bits per heavy atom. The largest absolute Gasteiger partial charge is 0.428 e. The van der Waals surface area contributed by atoms with Crippen molar-refractivity contribution < 1.29 is 23.9 Å². The van der Waals surface area contributed by atoms with Crippen LogP contribution in [-0.4, -0.2) is 51.4 Å². The van der Waals surface area contributed by atoms with E-state index < -0.39 is 18.7 Å². The summed E-state index contributed by atoms with van der Waals surface area (Å²) >= 11 is 0. The number of esters is 2. The molecule has 0 spiro atoms. The Morgan fingerprint density at radius 3 is 2.05 bits per heavy atom. The fraction of sp³-hybridized carbons (Fsp3) is 0.516. The molecule has 2 aromatic carbocycles. The van der Waals surface area contributed by atoms with Gasteiger partial charge in [0.25, 0.3) is 0 Å². The highest BCUT2D eigenvalue weighted by Crippen LogP contribution is 2.34. The van der Waals surface area contributed by atoms with E-state index in [0.29, 0.717) is 29.6 Å². The fourth-order valence-electron chi connectivity index (χ4n) is 4.37. The van der Waals surface area contributed by atoms with Gasteiger partial charge >= 0.3 is 18.0 Å². The zero-order valence-electron chi connectivity index (χ0n) is 25.4. The van der Waals surface area contributed by atoms with Crippen molar-refractivity contribution in [2.24, 2.45) is 11.8 Å². The predicted octanol–water partition coefficient (Wildman–Crippen LogP) is 6.33. The highest BCUT2D eigenvalue weighted by molar-refractivity contribution is 6.02. The van der Waals surface area contributed by atoms with E-state index >= 15 is 0 Å². The molecule has 2 aromatic rings. The summed E-state index contributed by atoms with van der Waals surface area (Å²) in [4.78, 5) is 39.4. The van der Waals surface area contributed by atoms with Crippen LogP contribution in [0.5, 0.6) is 0 Å². The molecular weight excluding hydrogens is 544 g/mol. The molecule has 1 atom stereocenters. The normalized spacial score (nSPS) is 11.4. The third-order valence-electron chi connectivity index (χ3n) is 6.23. The first-order valence-corrected chi connectivity index (χ1v) is 14.0. The van der Waals surface area contributed by atoms with Crippen LogP contribution in [0.4, 0.5) is 21.9 Å². The van der Waals surface area contributed by atoms with Crippen molar-refractivity contribution in [1.82, 2.24) is 5.32 Å². The first-order chi connectivity index (χ1) is 19.0. The van der Waals surface area contributed by atoms with Gasteiger partial charge in [-0.1, -0.05) is 58.4 Å². The fourth-order valence-corrected chi connectivity index (χ4v) is 4.37. The topological polar surface area (TPSA) is 109 Å². The van der Waals surface area contributed by atoms with Gasteiger partial charge in [-0.05, 0) is 68.0 Å². The van der Waals surface area contributed by atoms with Crippen LogP contribution in [0.25, 0.3) is 0 Å². The summed E-state index contributed by atoms with van der Waals surface area (Å²) in [6.07, 6.45) is 0.806. The average molecular weight is 591 g/mol. The maximum absolute atomic E-state index is 13.1. The SMILES string of the molecule is CC[C@@H](CC(=O)OCOC(=O)CNC)c1ccc(N(CC(C)C)CC(C)C)c(NC(=O)Nc2ccc(C)cc2)c1.Cl. The average Bonchev–Trinajstić information content (AvgIpc) is 2.88. The molecule has 0 aromatic heterocycles. The zero-order chi connectivity index (χ0) is 29.7. The molecule has 0 radical (unpaired) electrons. The number of hydrogen-bond donors (Lipinski definition) is 3. The predicted molar refractivity (Wildman–Crippen MR) is 168 cm³/mol. The van der Waals surface area contributed by atoms with Gasteiger partial charge in [-0.3, -0.25) is 9.59 Å². The number of nitrogens with one attached hydrogen (secondary N) is 3. The number of urea groups is 1. The number of nitrogens with zero attached hydrogens (tertiary/aromatic N) is 1. The smallest absolute Gasteiger partial charge is 0.323 e. The third-order valence-corrected chi connectivity index (χ3v) is 6.23. The van der Waals surface area contributed by atoms with Crippen LogP contribution < -0.4 is 20.9 Å². The monoisotopic (exact) mass is 590 g/mol. The number of rotatable bonds is 15. The quantitative estimate of drug-likeness (QED) is 0.164. The molecule has 0 aliphatic heterocycles. The minimum Gasteiger partial charge on any atom is -0.428 e. The number of likely N-dealkylation sites (N-methyl/N-ethyl adjacent to an activating group) is 1. The third kappa shape index (κ3) is 12.8. The minimum absolute atomic E-state index is 0. The lowest BCUT2D eigenvalue weighted by Gasteiger charge is -2.31. The number of carbonyl (C=O) groups excluding carboxylic acids is 3. The number of hydrogen-bond acceptors (Lipinski definition) is 7. The van der Waals surface area contributed by atoms with E-state index in [1.807, 2.05) is 56.3 Å². The molecule has 0 aliphatic carbocycles. The Labute approximate surface area is 251 Å². The van der Waals surface area contributed by atoms with Crippen LogP contribution in [0.15, 0.2) is 42.5 Å². The molecule has 10 heteroatoms. The molecule has 0 unspecified atom stereocenters. The number of carbonyl (C=O) groups is 3. The van der Waals surface area contributed by atoms with Crippen molar-refractivity contribution >= 4 is 47.4 Å². The number of ether oxygens (including phenoxy) is 2. The second-order valence-corrected chi connectivity index (χ2v) is 10.9. The summed E-state index contributed by atoms with van der Waals surface area (Å²) in [5.74, 6) is -0.245. The van der Waals surface area contributed by atoms with Crippen LogP contribution in [-0.2, 0) is 19.1 Å². The van der Waals surface area contributed by atoms with Crippen molar-refractivity contribution in [2.75, 3.05) is 49.0 Å². The molecule has 0 bridgehead atoms. The Bertz CT molecular complexity index is 1100. The molecule has 2 amide bonds. The van der Waals surface area contributed by atoms with Crippen molar-refractivity contribution in [1.29, 1.82) is 0 Å². The Hall–Kier alpha value is -3.30. The summed E-state index contributed by atoms with van der Waals surface area (Å²) < 4.78 is 10.0. The van der Waals surface area contributed by atoms with Gasteiger partial charge in [-0.2, -0.15) is 0 Å². The standard InChI is InChI=1S/C31H46N4O5.ClH/c1-8-24(16-29(36)39-20-40-30(37)17-32-7)25-11-14-28(35(18-21(2)3)19-22(4)5)27(15-25)34-31(38)33-26-12-9-23(6)10-13-26;/h9-15,21-22,24,32H,8,16-20H2,1-7H3,(H2,33,34,38);1H/t24-;/m0./s1. The molecule has 9 nitrogen and oxygen atoms in total. The zero-order valence-corrected chi connectivity index (χ0v) is 26.2. The van der Waals surface area contributed by atoms with E-state index in [9.17, 15) is 14.4 Å². The van der Waals surface area contributed by atoms with Crippen molar-refractivity contribution in [2.45, 2.75) is 60.3 Å². The van der Waals surface area contributed by atoms with Crippen molar-refractivity contribution in [3.05, 3.63) is 53.6 Å². The highest BCUT2D eigenvalue weighted by atomic mass is 35.5. The first-order valence-electron chi connectivity index (χ1n) is 14.0. The second-order valence-electron chi connectivity index (χ2n) is 10.9. The Morgan fingerprint density at radius 2 is 1.49 bits per heavy atom. The van der Waals surface area contributed by atoms with Gasteiger partial charge in [0, 0.05) is 18.8 Å². The Balaban J connectivity index is 0.00000840. The van der Waals surface area contributed by atoms with Gasteiger partial charge in [-0.15, -0.1) is 12.4 Å². The summed E-state index contributed by atoms with van der Waals surface area (Å²) in [6, 6.07) is 13.3. The molecule has 2 rings (SSSR count). The molecule has 0 heterocycles. The van der Waals surface area contributed by atoms with E-state index in [-0.39, 0.29) is 37.3 Å². The van der Waals surface area contributed by atoms with E-state index in [0.717, 1.165) is 29.9 Å². The van der Waals surface area contributed by atoms with Gasteiger partial charge in [0.1, 0.15) is 0 Å². The summed E-state index contributed by atoms with van der Waals surface area (Å²) in [5, 5.41) is 8.66. The van der Waals surface area contributed by atoms with Gasteiger partial charge in [-0.25, -0.2) is 4.79 Å².